The topological polar surface area (TPSA) is 98.7 Å². The number of amides is 1. The van der Waals surface area contributed by atoms with Gasteiger partial charge in [0.25, 0.3) is 5.91 Å². The van der Waals surface area contributed by atoms with Crippen LogP contribution in [0.1, 0.15) is 10.5 Å². The number of carbonyl (C=O) groups excluding carboxylic acids is 1. The van der Waals surface area contributed by atoms with E-state index in [0.717, 1.165) is 0 Å². The van der Waals surface area contributed by atoms with Crippen molar-refractivity contribution in [1.29, 1.82) is 0 Å². The highest BCUT2D eigenvalue weighted by Crippen LogP contribution is 2.10. The second-order valence-electron chi connectivity index (χ2n) is 3.10. The number of anilines is 2. The number of rotatable bonds is 2. The number of aromatic nitrogens is 4. The van der Waals surface area contributed by atoms with Crippen LogP contribution in [0, 0.1) is 0 Å². The van der Waals surface area contributed by atoms with Gasteiger partial charge >= 0.3 is 0 Å². The van der Waals surface area contributed by atoms with E-state index in [1.165, 1.54) is 23.3 Å². The molecule has 0 aliphatic carbocycles. The third-order valence-corrected chi connectivity index (χ3v) is 1.97. The second kappa shape index (κ2) is 3.97. The van der Waals surface area contributed by atoms with Crippen molar-refractivity contribution in [2.45, 2.75) is 0 Å². The number of nitrogens with one attached hydrogen (secondary N) is 1. The van der Waals surface area contributed by atoms with E-state index in [1.54, 1.807) is 13.1 Å². The van der Waals surface area contributed by atoms with Gasteiger partial charge in [-0.2, -0.15) is 5.10 Å². The highest BCUT2D eigenvalue weighted by atomic mass is 16.2. The maximum Gasteiger partial charge on any atom is 0.278 e. The molecule has 0 saturated carbocycles. The molecule has 0 aliphatic rings. The molecule has 82 valence electrons. The van der Waals surface area contributed by atoms with Crippen molar-refractivity contribution >= 4 is 17.5 Å². The van der Waals surface area contributed by atoms with Gasteiger partial charge in [0, 0.05) is 19.4 Å². The van der Waals surface area contributed by atoms with E-state index in [-0.39, 0.29) is 17.5 Å². The van der Waals surface area contributed by atoms with E-state index in [9.17, 15) is 4.79 Å². The molecule has 0 radical (unpaired) electrons. The van der Waals surface area contributed by atoms with Gasteiger partial charge in [-0.05, 0) is 6.07 Å². The molecule has 1 amide bonds. The van der Waals surface area contributed by atoms with Crippen LogP contribution in [0.15, 0.2) is 24.7 Å². The van der Waals surface area contributed by atoms with Crippen LogP contribution < -0.4 is 11.1 Å². The molecule has 2 aromatic rings. The van der Waals surface area contributed by atoms with Crippen molar-refractivity contribution in [1.82, 2.24) is 19.7 Å². The Morgan fingerprint density at radius 1 is 1.44 bits per heavy atom. The van der Waals surface area contributed by atoms with Crippen LogP contribution in [0.25, 0.3) is 0 Å². The van der Waals surface area contributed by atoms with Crippen molar-refractivity contribution in [3.63, 3.8) is 0 Å². The third kappa shape index (κ3) is 1.83. The van der Waals surface area contributed by atoms with Crippen LogP contribution >= 0.6 is 0 Å². The molecule has 2 heterocycles. The first-order valence-corrected chi connectivity index (χ1v) is 4.54. The Morgan fingerprint density at radius 3 is 2.69 bits per heavy atom. The lowest BCUT2D eigenvalue weighted by molar-refractivity contribution is 0.101. The molecular formula is C9H10N6O. The average Bonchev–Trinajstić information content (AvgIpc) is 2.60. The van der Waals surface area contributed by atoms with Crippen LogP contribution in [0.2, 0.25) is 0 Å². The largest absolute Gasteiger partial charge is 0.396 e. The monoisotopic (exact) mass is 218 g/mol. The summed E-state index contributed by atoms with van der Waals surface area (Å²) in [6, 6.07) is 1.66. The van der Waals surface area contributed by atoms with Gasteiger partial charge < -0.3 is 5.73 Å². The molecule has 0 saturated heterocycles. The molecule has 0 unspecified atom stereocenters. The molecule has 0 fully saturated rings. The lowest BCUT2D eigenvalue weighted by Crippen LogP contribution is -2.18. The van der Waals surface area contributed by atoms with Gasteiger partial charge in [0.05, 0.1) is 11.9 Å². The SMILES string of the molecule is Cn1ncc(N)c1C(=O)Nc1ncccn1. The molecule has 0 atom stereocenters. The standard InChI is InChI=1S/C9H10N6O/c1-15-7(6(10)5-13-15)8(16)14-9-11-3-2-4-12-9/h2-5H,10H2,1H3,(H,11,12,14,16). The van der Waals surface area contributed by atoms with Crippen molar-refractivity contribution < 1.29 is 4.79 Å². The molecule has 7 nitrogen and oxygen atoms in total. The number of hydrogen-bond acceptors (Lipinski definition) is 5. The summed E-state index contributed by atoms with van der Waals surface area (Å²) >= 11 is 0. The second-order valence-corrected chi connectivity index (χ2v) is 3.10. The third-order valence-electron chi connectivity index (χ3n) is 1.97. The summed E-state index contributed by atoms with van der Waals surface area (Å²) < 4.78 is 1.40. The van der Waals surface area contributed by atoms with E-state index < -0.39 is 0 Å². The molecule has 2 rings (SSSR count). The first-order valence-electron chi connectivity index (χ1n) is 4.54. The van der Waals surface area contributed by atoms with Crippen molar-refractivity contribution in [3.05, 3.63) is 30.4 Å². The Balaban J connectivity index is 2.22. The lowest BCUT2D eigenvalue weighted by Gasteiger charge is -2.03. The smallest absolute Gasteiger partial charge is 0.278 e. The van der Waals surface area contributed by atoms with E-state index >= 15 is 0 Å². The van der Waals surface area contributed by atoms with Crippen LogP contribution in [0.3, 0.4) is 0 Å². The van der Waals surface area contributed by atoms with Crippen molar-refractivity contribution in [2.75, 3.05) is 11.1 Å². The minimum atomic E-state index is -0.385. The molecule has 3 N–H and O–H groups in total. The fraction of sp³-hybridized carbons (Fsp3) is 0.111. The molecule has 16 heavy (non-hydrogen) atoms. The molecule has 2 aromatic heterocycles. The maximum absolute atomic E-state index is 11.8. The number of hydrogen-bond donors (Lipinski definition) is 2. The summed E-state index contributed by atoms with van der Waals surface area (Å²) in [5.41, 5.74) is 6.21. The molecule has 0 aliphatic heterocycles. The Bertz CT molecular complexity index is 486. The zero-order valence-electron chi connectivity index (χ0n) is 8.58. The summed E-state index contributed by atoms with van der Waals surface area (Å²) in [4.78, 5) is 19.5. The predicted octanol–water partition coefficient (Wildman–Crippen LogP) is 0.0446. The maximum atomic E-state index is 11.8. The minimum absolute atomic E-state index is 0.230. The summed E-state index contributed by atoms with van der Waals surface area (Å²) in [6.07, 6.45) is 4.49. The van der Waals surface area contributed by atoms with Gasteiger partial charge in [0.2, 0.25) is 5.95 Å². The normalized spacial score (nSPS) is 10.1. The number of aryl methyl sites for hydroxylation is 1. The lowest BCUT2D eigenvalue weighted by atomic mass is 10.3. The molecule has 0 bridgehead atoms. The molecule has 7 heteroatoms. The Morgan fingerprint density at radius 2 is 2.12 bits per heavy atom. The van der Waals surface area contributed by atoms with Crippen molar-refractivity contribution in [3.8, 4) is 0 Å². The van der Waals surface area contributed by atoms with Gasteiger partial charge in [-0.1, -0.05) is 0 Å². The summed E-state index contributed by atoms with van der Waals surface area (Å²) in [5, 5.41) is 6.39. The summed E-state index contributed by atoms with van der Waals surface area (Å²) in [7, 11) is 1.64. The van der Waals surface area contributed by atoms with Gasteiger partial charge in [0.1, 0.15) is 5.69 Å². The first kappa shape index (κ1) is 10.1. The predicted molar refractivity (Wildman–Crippen MR) is 57.6 cm³/mol. The van der Waals surface area contributed by atoms with Gasteiger partial charge in [-0.15, -0.1) is 0 Å². The molecular weight excluding hydrogens is 208 g/mol. The zero-order valence-corrected chi connectivity index (χ0v) is 8.58. The van der Waals surface area contributed by atoms with Gasteiger partial charge in [-0.25, -0.2) is 9.97 Å². The van der Waals surface area contributed by atoms with E-state index in [4.69, 9.17) is 5.73 Å². The van der Waals surface area contributed by atoms with E-state index in [0.29, 0.717) is 5.69 Å². The molecule has 0 aromatic carbocycles. The zero-order chi connectivity index (χ0) is 11.5. The number of nitrogens with two attached hydrogens (primary N) is 1. The quantitative estimate of drug-likeness (QED) is 0.741. The van der Waals surface area contributed by atoms with Crippen LogP contribution in [0.4, 0.5) is 11.6 Å². The number of nitrogen functional groups attached to an aromatic ring is 1. The van der Waals surface area contributed by atoms with Crippen LogP contribution in [-0.4, -0.2) is 25.7 Å². The highest BCUT2D eigenvalue weighted by molar-refractivity contribution is 6.05. The first-order chi connectivity index (χ1) is 7.68. The van der Waals surface area contributed by atoms with Crippen LogP contribution in [0.5, 0.6) is 0 Å². The van der Waals surface area contributed by atoms with Gasteiger partial charge in [-0.3, -0.25) is 14.8 Å². The minimum Gasteiger partial charge on any atom is -0.396 e. The average molecular weight is 218 g/mol. The Labute approximate surface area is 91.3 Å². The van der Waals surface area contributed by atoms with Gasteiger partial charge in [0.15, 0.2) is 0 Å². The fourth-order valence-electron chi connectivity index (χ4n) is 1.26. The Hall–Kier alpha value is -2.44. The number of nitrogens with zero attached hydrogens (tertiary/aromatic N) is 4. The summed E-state index contributed by atoms with van der Waals surface area (Å²) in [5.74, 6) is -0.156. The van der Waals surface area contributed by atoms with E-state index in [2.05, 4.69) is 20.4 Å². The Kier molecular flexibility index (Phi) is 2.50. The van der Waals surface area contributed by atoms with E-state index in [1.807, 2.05) is 0 Å². The summed E-state index contributed by atoms with van der Waals surface area (Å²) in [6.45, 7) is 0. The molecule has 0 spiro atoms. The number of carbonyl (C=O) groups is 1. The highest BCUT2D eigenvalue weighted by Gasteiger charge is 2.15. The fourth-order valence-corrected chi connectivity index (χ4v) is 1.26. The van der Waals surface area contributed by atoms with Crippen LogP contribution in [-0.2, 0) is 7.05 Å². The van der Waals surface area contributed by atoms with Crippen molar-refractivity contribution in [2.24, 2.45) is 7.05 Å².